The predicted molar refractivity (Wildman–Crippen MR) is 115 cm³/mol. The molecule has 1 aromatic heterocycles. The van der Waals surface area contributed by atoms with Gasteiger partial charge in [0.1, 0.15) is 12.3 Å². The van der Waals surface area contributed by atoms with E-state index in [9.17, 15) is 27.9 Å². The molecular weight excluding hydrogens is 453 g/mol. The summed E-state index contributed by atoms with van der Waals surface area (Å²) in [7, 11) is 1.59. The maximum atomic E-state index is 13.3. The Morgan fingerprint density at radius 3 is 2.44 bits per heavy atom. The summed E-state index contributed by atoms with van der Waals surface area (Å²) in [6.07, 6.45) is -0.606. The van der Waals surface area contributed by atoms with Gasteiger partial charge in [0.15, 0.2) is 5.82 Å². The minimum atomic E-state index is -4.82. The number of aryl methyl sites for hydroxylation is 1. The van der Waals surface area contributed by atoms with E-state index in [0.717, 1.165) is 25.7 Å². The van der Waals surface area contributed by atoms with Crippen LogP contribution >= 0.6 is 0 Å². The molecule has 2 heterocycles. The number of aliphatic hydroxyl groups is 1. The number of fused-ring (bicyclic) bond motifs is 1. The number of aliphatic hydroxyl groups excluding tert-OH is 1. The minimum absolute atomic E-state index is 0.0704. The van der Waals surface area contributed by atoms with Crippen LogP contribution < -0.4 is 4.74 Å². The molecule has 11 heteroatoms. The number of hydrogen-bond donors (Lipinski definition) is 1. The molecule has 34 heavy (non-hydrogen) atoms. The molecule has 5 rings (SSSR count). The second kappa shape index (κ2) is 8.44. The van der Waals surface area contributed by atoms with Crippen LogP contribution in [0.3, 0.4) is 0 Å². The highest BCUT2D eigenvalue weighted by Crippen LogP contribution is 2.45. The van der Waals surface area contributed by atoms with Gasteiger partial charge in [-0.25, -0.2) is 4.98 Å². The maximum Gasteiger partial charge on any atom is 0.573 e. The lowest BCUT2D eigenvalue weighted by Crippen LogP contribution is -2.56. The normalized spacial score (nSPS) is 24.1. The molecule has 0 bridgehead atoms. The van der Waals surface area contributed by atoms with Gasteiger partial charge in [-0.1, -0.05) is 0 Å². The van der Waals surface area contributed by atoms with E-state index in [4.69, 9.17) is 0 Å². The van der Waals surface area contributed by atoms with E-state index >= 15 is 0 Å². The second-order valence-corrected chi connectivity index (χ2v) is 9.47. The molecule has 184 valence electrons. The van der Waals surface area contributed by atoms with Crippen LogP contribution in [0.25, 0.3) is 11.0 Å². The third kappa shape index (κ3) is 4.45. The average molecular weight is 480 g/mol. The summed E-state index contributed by atoms with van der Waals surface area (Å²) < 4.78 is 44.1. The Hall–Kier alpha value is -2.82. The maximum absolute atomic E-state index is 13.3. The van der Waals surface area contributed by atoms with Crippen LogP contribution in [0.2, 0.25) is 0 Å². The van der Waals surface area contributed by atoms with Crippen molar-refractivity contribution in [2.45, 2.75) is 63.0 Å². The summed E-state index contributed by atoms with van der Waals surface area (Å²) >= 11 is 0. The molecule has 2 saturated carbocycles. The molecule has 8 nitrogen and oxygen atoms in total. The zero-order valence-electron chi connectivity index (χ0n) is 18.8. The quantitative estimate of drug-likeness (QED) is 0.727. The summed E-state index contributed by atoms with van der Waals surface area (Å²) in [5.41, 5.74) is 1.53. The zero-order chi connectivity index (χ0) is 24.2. The number of amides is 2. The molecule has 0 unspecified atom stereocenters. The van der Waals surface area contributed by atoms with Gasteiger partial charge >= 0.3 is 6.36 Å². The van der Waals surface area contributed by atoms with Crippen molar-refractivity contribution in [3.8, 4) is 5.75 Å². The monoisotopic (exact) mass is 480 g/mol. The number of carbonyl (C=O) groups is 2. The van der Waals surface area contributed by atoms with Crippen molar-refractivity contribution in [2.75, 3.05) is 19.6 Å². The number of imidazole rings is 1. The van der Waals surface area contributed by atoms with E-state index < -0.39 is 12.3 Å². The second-order valence-electron chi connectivity index (χ2n) is 9.47. The van der Waals surface area contributed by atoms with Crippen molar-refractivity contribution in [3.05, 3.63) is 23.5 Å². The van der Waals surface area contributed by atoms with Crippen molar-refractivity contribution in [1.82, 2.24) is 19.4 Å². The van der Waals surface area contributed by atoms with Crippen molar-refractivity contribution in [3.63, 3.8) is 0 Å². The number of aromatic nitrogens is 2. The lowest BCUT2D eigenvalue weighted by atomic mass is 9.91. The zero-order valence-corrected chi connectivity index (χ0v) is 18.8. The number of alkyl halides is 3. The van der Waals surface area contributed by atoms with Gasteiger partial charge in [0, 0.05) is 32.2 Å². The highest BCUT2D eigenvalue weighted by atomic mass is 19.4. The number of hydrogen-bond acceptors (Lipinski definition) is 5. The molecular formula is C23H27F3N4O4. The Morgan fingerprint density at radius 1 is 1.12 bits per heavy atom. The Bertz CT molecular complexity index is 1120. The number of carbonyl (C=O) groups excluding carboxylic acids is 2. The predicted octanol–water partition coefficient (Wildman–Crippen LogP) is 2.94. The van der Waals surface area contributed by atoms with Gasteiger partial charge in [-0.3, -0.25) is 9.59 Å². The first-order valence-electron chi connectivity index (χ1n) is 11.6. The van der Waals surface area contributed by atoms with E-state index in [1.807, 2.05) is 0 Å². The lowest BCUT2D eigenvalue weighted by molar-refractivity contribution is -0.274. The van der Waals surface area contributed by atoms with E-state index in [2.05, 4.69) is 9.72 Å². The Labute approximate surface area is 194 Å². The molecule has 0 spiro atoms. The van der Waals surface area contributed by atoms with Crippen molar-refractivity contribution in [1.29, 1.82) is 0 Å². The fourth-order valence-corrected chi connectivity index (χ4v) is 5.13. The van der Waals surface area contributed by atoms with Crippen LogP contribution in [0.4, 0.5) is 13.2 Å². The summed E-state index contributed by atoms with van der Waals surface area (Å²) in [5, 5.41) is 9.72. The smallest absolute Gasteiger partial charge is 0.406 e. The molecule has 0 atom stereocenters. The van der Waals surface area contributed by atoms with Gasteiger partial charge < -0.3 is 24.2 Å². The molecule has 2 amide bonds. The van der Waals surface area contributed by atoms with E-state index in [0.29, 0.717) is 42.5 Å². The fourth-order valence-electron chi connectivity index (χ4n) is 5.13. The number of benzene rings is 1. The molecule has 1 saturated heterocycles. The van der Waals surface area contributed by atoms with Crippen LogP contribution in [-0.2, 0) is 11.8 Å². The highest BCUT2D eigenvalue weighted by Gasteiger charge is 2.37. The molecule has 1 aliphatic heterocycles. The fraction of sp³-hybridized carbons (Fsp3) is 0.609. The Kier molecular flexibility index (Phi) is 5.70. The van der Waals surface area contributed by atoms with E-state index in [-0.39, 0.29) is 42.1 Å². The number of piperazine rings is 1. The molecule has 1 aromatic carbocycles. The van der Waals surface area contributed by atoms with Gasteiger partial charge in [0.2, 0.25) is 5.91 Å². The lowest BCUT2D eigenvalue weighted by Gasteiger charge is -2.41. The molecule has 3 fully saturated rings. The standard InChI is InChI=1S/C23H27F3N4O4/c1-28-18-11-16(34-23(24,25)26)10-17(13-2-3-13)20(18)27-21(28)22(33)29-8-9-30(19(32)12-29)14-4-6-15(31)7-5-14/h10-11,13-15,31H,2-9,12H2,1H3/t14-,15-. The summed E-state index contributed by atoms with van der Waals surface area (Å²) in [4.78, 5) is 33.9. The van der Waals surface area contributed by atoms with E-state index in [1.54, 1.807) is 11.9 Å². The topological polar surface area (TPSA) is 87.9 Å². The first kappa shape index (κ1) is 22.9. The Balaban J connectivity index is 1.38. The number of nitrogens with zero attached hydrogens (tertiary/aromatic N) is 4. The molecule has 0 radical (unpaired) electrons. The summed E-state index contributed by atoms with van der Waals surface area (Å²) in [6, 6.07) is 2.69. The van der Waals surface area contributed by atoms with Crippen molar-refractivity contribution >= 4 is 22.8 Å². The molecule has 2 aliphatic carbocycles. The number of rotatable bonds is 4. The van der Waals surface area contributed by atoms with Crippen LogP contribution in [0.1, 0.15) is 60.6 Å². The minimum Gasteiger partial charge on any atom is -0.406 e. The SMILES string of the molecule is Cn1c(C(=O)N2CCN([C@H]3CC[C@H](O)CC3)C(=O)C2)nc2c(C3CC3)cc(OC(F)(F)F)cc21. The van der Waals surface area contributed by atoms with Crippen LogP contribution in [0.15, 0.2) is 12.1 Å². The molecule has 3 aliphatic rings. The van der Waals surface area contributed by atoms with Gasteiger partial charge in [-0.2, -0.15) is 0 Å². The highest BCUT2D eigenvalue weighted by molar-refractivity contribution is 5.98. The molecule has 2 aromatic rings. The average Bonchev–Trinajstić information content (AvgIpc) is 3.57. The van der Waals surface area contributed by atoms with Gasteiger partial charge in [-0.15, -0.1) is 13.2 Å². The number of halogens is 3. The number of ether oxygens (including phenoxy) is 1. The van der Waals surface area contributed by atoms with Crippen molar-refractivity contribution in [2.24, 2.45) is 7.05 Å². The van der Waals surface area contributed by atoms with Crippen LogP contribution in [0, 0.1) is 0 Å². The Morgan fingerprint density at radius 2 is 1.82 bits per heavy atom. The van der Waals surface area contributed by atoms with Gasteiger partial charge in [0.05, 0.1) is 17.1 Å². The molecule has 1 N–H and O–H groups in total. The largest absolute Gasteiger partial charge is 0.573 e. The third-order valence-corrected chi connectivity index (χ3v) is 7.08. The summed E-state index contributed by atoms with van der Waals surface area (Å²) in [6.45, 7) is 0.690. The third-order valence-electron chi connectivity index (χ3n) is 7.08. The van der Waals surface area contributed by atoms with Crippen molar-refractivity contribution < 1.29 is 32.6 Å². The van der Waals surface area contributed by atoms with Gasteiger partial charge in [-0.05, 0) is 56.1 Å². The summed E-state index contributed by atoms with van der Waals surface area (Å²) in [5.74, 6) is -0.713. The first-order chi connectivity index (χ1) is 16.1. The van der Waals surface area contributed by atoms with Crippen LogP contribution in [-0.4, -0.2) is 74.4 Å². The van der Waals surface area contributed by atoms with Crippen LogP contribution in [0.5, 0.6) is 5.75 Å². The van der Waals surface area contributed by atoms with Gasteiger partial charge in [0.25, 0.3) is 5.91 Å². The van der Waals surface area contributed by atoms with E-state index in [1.165, 1.54) is 21.6 Å². The first-order valence-corrected chi connectivity index (χ1v) is 11.6.